The fourth-order valence-electron chi connectivity index (χ4n) is 1.64. The van der Waals surface area contributed by atoms with E-state index >= 15 is 0 Å². The van der Waals surface area contributed by atoms with Crippen LogP contribution >= 0.6 is 0 Å². The molecule has 0 bridgehead atoms. The summed E-state index contributed by atoms with van der Waals surface area (Å²) >= 11 is 0. The SMILES string of the molecule is COc1ccc(CS(=O)(=O)c2ccc(F)cc2F)cn1. The molecule has 0 N–H and O–H groups in total. The minimum Gasteiger partial charge on any atom is -0.481 e. The maximum Gasteiger partial charge on any atom is 0.212 e. The highest BCUT2D eigenvalue weighted by molar-refractivity contribution is 7.90. The zero-order chi connectivity index (χ0) is 14.8. The van der Waals surface area contributed by atoms with Crippen LogP contribution in [0.3, 0.4) is 0 Å². The molecule has 0 saturated heterocycles. The zero-order valence-corrected chi connectivity index (χ0v) is 11.3. The molecule has 2 aromatic rings. The Kier molecular flexibility index (Phi) is 3.99. The molecule has 7 heteroatoms. The summed E-state index contributed by atoms with van der Waals surface area (Å²) in [4.78, 5) is 3.34. The zero-order valence-electron chi connectivity index (χ0n) is 10.5. The second-order valence-electron chi connectivity index (χ2n) is 4.04. The van der Waals surface area contributed by atoms with Crippen LogP contribution in [-0.2, 0) is 15.6 Å². The number of pyridine rings is 1. The second-order valence-corrected chi connectivity index (χ2v) is 6.00. The molecule has 1 heterocycles. The van der Waals surface area contributed by atoms with Gasteiger partial charge in [0.15, 0.2) is 9.84 Å². The summed E-state index contributed by atoms with van der Waals surface area (Å²) in [6.45, 7) is 0. The molecule has 0 unspecified atom stereocenters. The third-order valence-electron chi connectivity index (χ3n) is 2.59. The van der Waals surface area contributed by atoms with Gasteiger partial charge in [-0.05, 0) is 17.7 Å². The predicted octanol–water partition coefficient (Wildman–Crippen LogP) is 2.34. The van der Waals surface area contributed by atoms with E-state index in [1.54, 1.807) is 0 Å². The van der Waals surface area contributed by atoms with Crippen LogP contribution in [-0.4, -0.2) is 20.5 Å². The van der Waals surface area contributed by atoms with Crippen molar-refractivity contribution < 1.29 is 21.9 Å². The van der Waals surface area contributed by atoms with Crippen LogP contribution in [0.15, 0.2) is 41.4 Å². The number of halogens is 2. The van der Waals surface area contributed by atoms with Crippen LogP contribution in [0.1, 0.15) is 5.56 Å². The largest absolute Gasteiger partial charge is 0.481 e. The molecule has 0 atom stereocenters. The van der Waals surface area contributed by atoms with Crippen molar-refractivity contribution in [3.8, 4) is 5.88 Å². The Morgan fingerprint density at radius 1 is 1.20 bits per heavy atom. The Morgan fingerprint density at radius 3 is 2.50 bits per heavy atom. The van der Waals surface area contributed by atoms with Gasteiger partial charge in [0.2, 0.25) is 5.88 Å². The summed E-state index contributed by atoms with van der Waals surface area (Å²) in [5.74, 6) is -2.01. The lowest BCUT2D eigenvalue weighted by Gasteiger charge is -2.06. The molecule has 0 aliphatic heterocycles. The van der Waals surface area contributed by atoms with Gasteiger partial charge in [0.25, 0.3) is 0 Å². The fourth-order valence-corrected chi connectivity index (χ4v) is 3.04. The predicted molar refractivity (Wildman–Crippen MR) is 68.0 cm³/mol. The number of methoxy groups -OCH3 is 1. The number of aromatic nitrogens is 1. The lowest BCUT2D eigenvalue weighted by molar-refractivity contribution is 0.397. The van der Waals surface area contributed by atoms with Crippen LogP contribution < -0.4 is 4.74 Å². The lowest BCUT2D eigenvalue weighted by Crippen LogP contribution is -2.08. The molecular weight excluding hydrogens is 288 g/mol. The van der Waals surface area contributed by atoms with Gasteiger partial charge in [0.1, 0.15) is 16.5 Å². The van der Waals surface area contributed by atoms with Gasteiger partial charge in [-0.2, -0.15) is 0 Å². The summed E-state index contributed by atoms with van der Waals surface area (Å²) in [7, 11) is -2.47. The van der Waals surface area contributed by atoms with Gasteiger partial charge in [-0.15, -0.1) is 0 Å². The van der Waals surface area contributed by atoms with Crippen molar-refractivity contribution in [2.45, 2.75) is 10.6 Å². The van der Waals surface area contributed by atoms with E-state index in [9.17, 15) is 17.2 Å². The van der Waals surface area contributed by atoms with Crippen LogP contribution in [0.5, 0.6) is 5.88 Å². The third-order valence-corrected chi connectivity index (χ3v) is 4.31. The van der Waals surface area contributed by atoms with Gasteiger partial charge in [0.05, 0.1) is 12.9 Å². The monoisotopic (exact) mass is 299 g/mol. The number of hydrogen-bond acceptors (Lipinski definition) is 4. The molecular formula is C13H11F2NO3S. The smallest absolute Gasteiger partial charge is 0.212 e. The highest BCUT2D eigenvalue weighted by Gasteiger charge is 2.20. The van der Waals surface area contributed by atoms with E-state index in [-0.39, 0.29) is 0 Å². The van der Waals surface area contributed by atoms with Crippen molar-refractivity contribution in [3.63, 3.8) is 0 Å². The Morgan fingerprint density at radius 2 is 1.95 bits per heavy atom. The molecule has 20 heavy (non-hydrogen) atoms. The summed E-state index contributed by atoms with van der Waals surface area (Å²) in [5.41, 5.74) is 0.384. The average molecular weight is 299 g/mol. The molecule has 0 aliphatic carbocycles. The van der Waals surface area contributed by atoms with Crippen molar-refractivity contribution in [1.82, 2.24) is 4.98 Å². The molecule has 1 aromatic carbocycles. The molecule has 0 radical (unpaired) electrons. The van der Waals surface area contributed by atoms with E-state index in [2.05, 4.69) is 4.98 Å². The molecule has 0 amide bonds. The van der Waals surface area contributed by atoms with Crippen molar-refractivity contribution >= 4 is 9.84 Å². The lowest BCUT2D eigenvalue weighted by atomic mass is 10.3. The maximum absolute atomic E-state index is 13.5. The summed E-state index contributed by atoms with van der Waals surface area (Å²) in [6.07, 6.45) is 1.33. The first-order valence-corrected chi connectivity index (χ1v) is 7.24. The third kappa shape index (κ3) is 3.11. The first-order chi connectivity index (χ1) is 9.42. The Bertz CT molecular complexity index is 715. The molecule has 106 valence electrons. The van der Waals surface area contributed by atoms with E-state index in [0.717, 1.165) is 12.1 Å². The Hall–Kier alpha value is -2.02. The topological polar surface area (TPSA) is 56.3 Å². The van der Waals surface area contributed by atoms with Crippen LogP contribution in [0.25, 0.3) is 0 Å². The van der Waals surface area contributed by atoms with Crippen molar-refractivity contribution in [2.24, 2.45) is 0 Å². The van der Waals surface area contributed by atoms with Gasteiger partial charge in [-0.1, -0.05) is 6.07 Å². The van der Waals surface area contributed by atoms with Gasteiger partial charge in [0, 0.05) is 18.3 Å². The normalized spacial score (nSPS) is 11.3. The summed E-state index contributed by atoms with van der Waals surface area (Å²) in [6, 6.07) is 5.38. The van der Waals surface area contributed by atoms with Crippen molar-refractivity contribution in [1.29, 1.82) is 0 Å². The molecule has 4 nitrogen and oxygen atoms in total. The number of ether oxygens (including phenoxy) is 1. The minimum absolute atomic E-state index is 0.346. The molecule has 0 saturated carbocycles. The molecule has 2 rings (SSSR count). The van der Waals surface area contributed by atoms with Crippen molar-refractivity contribution in [2.75, 3.05) is 7.11 Å². The number of nitrogens with zero attached hydrogens (tertiary/aromatic N) is 1. The van der Waals surface area contributed by atoms with Gasteiger partial charge >= 0.3 is 0 Å². The van der Waals surface area contributed by atoms with E-state index in [1.807, 2.05) is 0 Å². The minimum atomic E-state index is -3.90. The number of benzene rings is 1. The molecule has 0 spiro atoms. The summed E-state index contributed by atoms with van der Waals surface area (Å²) < 4.78 is 55.3. The highest BCUT2D eigenvalue weighted by atomic mass is 32.2. The standard InChI is InChI=1S/C13H11F2NO3S/c1-19-13-5-2-9(7-16-13)8-20(17,18)12-4-3-10(14)6-11(12)15/h2-7H,8H2,1H3. The second kappa shape index (κ2) is 5.54. The van der Waals surface area contributed by atoms with Gasteiger partial charge < -0.3 is 4.74 Å². The molecule has 0 fully saturated rings. The van der Waals surface area contributed by atoms with Crippen LogP contribution in [0.4, 0.5) is 8.78 Å². The first kappa shape index (κ1) is 14.4. The van der Waals surface area contributed by atoms with Crippen LogP contribution in [0.2, 0.25) is 0 Å². The first-order valence-electron chi connectivity index (χ1n) is 5.59. The van der Waals surface area contributed by atoms with Gasteiger partial charge in [-0.25, -0.2) is 22.2 Å². The van der Waals surface area contributed by atoms with Crippen LogP contribution in [0, 0.1) is 11.6 Å². The Balaban J connectivity index is 2.30. The Labute approximate surface area is 115 Å². The molecule has 0 aliphatic rings. The average Bonchev–Trinajstić information content (AvgIpc) is 2.38. The fraction of sp³-hybridized carbons (Fsp3) is 0.154. The quantitative estimate of drug-likeness (QED) is 0.813. The number of rotatable bonds is 4. The van der Waals surface area contributed by atoms with E-state index in [0.29, 0.717) is 17.5 Å². The van der Waals surface area contributed by atoms with E-state index in [1.165, 1.54) is 25.4 Å². The van der Waals surface area contributed by atoms with Gasteiger partial charge in [-0.3, -0.25) is 0 Å². The van der Waals surface area contributed by atoms with E-state index in [4.69, 9.17) is 4.74 Å². The maximum atomic E-state index is 13.5. The summed E-state index contributed by atoms with van der Waals surface area (Å²) in [5, 5.41) is 0. The number of hydrogen-bond donors (Lipinski definition) is 0. The van der Waals surface area contributed by atoms with E-state index < -0.39 is 32.1 Å². The highest BCUT2D eigenvalue weighted by Crippen LogP contribution is 2.20. The van der Waals surface area contributed by atoms with Crippen molar-refractivity contribution in [3.05, 3.63) is 53.7 Å². The number of sulfone groups is 1. The molecule has 1 aromatic heterocycles.